The molecule has 4 nitrogen and oxygen atoms in total. The highest BCUT2D eigenvalue weighted by Crippen LogP contribution is 2.20. The molecule has 0 aliphatic heterocycles. The van der Waals surface area contributed by atoms with Crippen molar-refractivity contribution in [2.45, 2.75) is 39.0 Å². The molecular formula is C14H17ClN2O2. The zero-order valence-electron chi connectivity index (χ0n) is 10.9. The molecule has 1 fully saturated rings. The molecule has 1 aromatic rings. The Balaban J connectivity index is 1.90. The summed E-state index contributed by atoms with van der Waals surface area (Å²) >= 11 is 5.85. The van der Waals surface area contributed by atoms with Gasteiger partial charge in [-0.15, -0.1) is 0 Å². The lowest BCUT2D eigenvalue weighted by atomic mass is 9.99. The SMILES string of the molecule is Cc1cc(Cl)ccc1NC(=O)ON=C1CCCCC1. The van der Waals surface area contributed by atoms with Crippen LogP contribution in [0.1, 0.15) is 37.7 Å². The molecule has 1 N–H and O–H groups in total. The van der Waals surface area contributed by atoms with Crippen LogP contribution in [0.5, 0.6) is 0 Å². The van der Waals surface area contributed by atoms with Gasteiger partial charge in [0.25, 0.3) is 0 Å². The van der Waals surface area contributed by atoms with Gasteiger partial charge >= 0.3 is 6.09 Å². The highest BCUT2D eigenvalue weighted by molar-refractivity contribution is 6.30. The molecule has 1 aliphatic rings. The van der Waals surface area contributed by atoms with Crippen LogP contribution in [-0.2, 0) is 4.84 Å². The molecule has 19 heavy (non-hydrogen) atoms. The quantitative estimate of drug-likeness (QED) is 0.640. The van der Waals surface area contributed by atoms with Gasteiger partial charge in [-0.3, -0.25) is 10.2 Å². The monoisotopic (exact) mass is 280 g/mol. The van der Waals surface area contributed by atoms with Crippen molar-refractivity contribution in [2.24, 2.45) is 5.16 Å². The minimum Gasteiger partial charge on any atom is -0.298 e. The molecule has 5 heteroatoms. The molecular weight excluding hydrogens is 264 g/mol. The first-order valence-electron chi connectivity index (χ1n) is 6.45. The Bertz CT molecular complexity index is 492. The average Bonchev–Trinajstić information content (AvgIpc) is 2.41. The standard InChI is InChI=1S/C14H17ClN2O2/c1-10-9-11(15)7-8-13(10)16-14(18)19-17-12-5-3-2-4-6-12/h7-9H,2-6H2,1H3,(H,16,18). The van der Waals surface area contributed by atoms with E-state index in [1.165, 1.54) is 6.42 Å². The number of nitrogens with one attached hydrogen (secondary N) is 1. The molecule has 0 saturated heterocycles. The van der Waals surface area contributed by atoms with Crippen LogP contribution in [0.25, 0.3) is 0 Å². The minimum atomic E-state index is -0.566. The van der Waals surface area contributed by atoms with Crippen LogP contribution in [0.3, 0.4) is 0 Å². The molecule has 1 aliphatic carbocycles. The summed E-state index contributed by atoms with van der Waals surface area (Å²) in [5.74, 6) is 0. The molecule has 0 bridgehead atoms. The van der Waals surface area contributed by atoms with E-state index >= 15 is 0 Å². The zero-order chi connectivity index (χ0) is 13.7. The summed E-state index contributed by atoms with van der Waals surface area (Å²) in [5.41, 5.74) is 2.53. The Morgan fingerprint density at radius 2 is 2.05 bits per heavy atom. The fourth-order valence-corrected chi connectivity index (χ4v) is 2.28. The van der Waals surface area contributed by atoms with E-state index in [0.29, 0.717) is 10.7 Å². The lowest BCUT2D eigenvalue weighted by molar-refractivity contribution is 0.165. The van der Waals surface area contributed by atoms with Crippen LogP contribution < -0.4 is 5.32 Å². The fourth-order valence-electron chi connectivity index (χ4n) is 2.06. The molecule has 2 rings (SSSR count). The zero-order valence-corrected chi connectivity index (χ0v) is 11.7. The van der Waals surface area contributed by atoms with Gasteiger partial charge < -0.3 is 0 Å². The van der Waals surface area contributed by atoms with E-state index < -0.39 is 6.09 Å². The van der Waals surface area contributed by atoms with Gasteiger partial charge in [-0.1, -0.05) is 23.2 Å². The number of aryl methyl sites for hydroxylation is 1. The third-order valence-corrected chi connectivity index (χ3v) is 3.35. The maximum Gasteiger partial charge on any atom is 0.437 e. The van der Waals surface area contributed by atoms with Gasteiger partial charge in [0.1, 0.15) is 0 Å². The van der Waals surface area contributed by atoms with Crippen molar-refractivity contribution in [1.29, 1.82) is 0 Å². The lowest BCUT2D eigenvalue weighted by Crippen LogP contribution is -2.14. The Morgan fingerprint density at radius 3 is 2.74 bits per heavy atom. The number of hydrogen-bond acceptors (Lipinski definition) is 3. The van der Waals surface area contributed by atoms with Crippen LogP contribution in [0.4, 0.5) is 10.5 Å². The molecule has 1 amide bonds. The van der Waals surface area contributed by atoms with Crippen LogP contribution in [0.15, 0.2) is 23.4 Å². The second-order valence-electron chi connectivity index (χ2n) is 4.68. The van der Waals surface area contributed by atoms with Gasteiger partial charge in [-0.05, 0) is 56.4 Å². The lowest BCUT2D eigenvalue weighted by Gasteiger charge is -2.11. The summed E-state index contributed by atoms with van der Waals surface area (Å²) in [4.78, 5) is 16.5. The molecule has 1 aromatic carbocycles. The Hall–Kier alpha value is -1.55. The second-order valence-corrected chi connectivity index (χ2v) is 5.12. The average molecular weight is 281 g/mol. The van der Waals surface area contributed by atoms with Crippen molar-refractivity contribution in [1.82, 2.24) is 0 Å². The summed E-state index contributed by atoms with van der Waals surface area (Å²) in [5, 5.41) is 7.19. The highest BCUT2D eigenvalue weighted by Gasteiger charge is 2.10. The van der Waals surface area contributed by atoms with Gasteiger partial charge in [-0.2, -0.15) is 0 Å². The number of carbonyl (C=O) groups is 1. The number of anilines is 1. The van der Waals surface area contributed by atoms with E-state index in [0.717, 1.165) is 37.0 Å². The first-order valence-corrected chi connectivity index (χ1v) is 6.83. The summed E-state index contributed by atoms with van der Waals surface area (Å²) < 4.78 is 0. The first-order chi connectivity index (χ1) is 9.15. The van der Waals surface area contributed by atoms with Gasteiger partial charge in [0.2, 0.25) is 0 Å². The largest absolute Gasteiger partial charge is 0.437 e. The van der Waals surface area contributed by atoms with E-state index in [9.17, 15) is 4.79 Å². The number of rotatable bonds is 2. The molecule has 0 unspecified atom stereocenters. The Labute approximate surface area is 117 Å². The summed E-state index contributed by atoms with van der Waals surface area (Å²) in [6.07, 6.45) is 4.76. The van der Waals surface area contributed by atoms with Crippen LogP contribution in [-0.4, -0.2) is 11.8 Å². The number of carbonyl (C=O) groups excluding carboxylic acids is 1. The van der Waals surface area contributed by atoms with Crippen LogP contribution >= 0.6 is 11.6 Å². The van der Waals surface area contributed by atoms with Crippen molar-refractivity contribution in [3.8, 4) is 0 Å². The third-order valence-electron chi connectivity index (χ3n) is 3.11. The summed E-state index contributed by atoms with van der Waals surface area (Å²) in [6, 6.07) is 5.24. The summed E-state index contributed by atoms with van der Waals surface area (Å²) in [7, 11) is 0. The fraction of sp³-hybridized carbons (Fsp3) is 0.429. The minimum absolute atomic E-state index is 0.566. The number of oxime groups is 1. The number of halogens is 1. The van der Waals surface area contributed by atoms with Crippen molar-refractivity contribution < 1.29 is 9.63 Å². The maximum atomic E-state index is 11.6. The van der Waals surface area contributed by atoms with Gasteiger partial charge in [0.15, 0.2) is 0 Å². The van der Waals surface area contributed by atoms with Crippen molar-refractivity contribution in [3.63, 3.8) is 0 Å². The third kappa shape index (κ3) is 4.24. The van der Waals surface area contributed by atoms with E-state index in [2.05, 4.69) is 10.5 Å². The molecule has 0 radical (unpaired) electrons. The Morgan fingerprint density at radius 1 is 1.32 bits per heavy atom. The van der Waals surface area contributed by atoms with E-state index in [-0.39, 0.29) is 0 Å². The van der Waals surface area contributed by atoms with Gasteiger partial charge in [0, 0.05) is 10.7 Å². The van der Waals surface area contributed by atoms with E-state index in [4.69, 9.17) is 16.4 Å². The van der Waals surface area contributed by atoms with E-state index in [1.54, 1.807) is 18.2 Å². The van der Waals surface area contributed by atoms with Gasteiger partial charge in [-0.25, -0.2) is 4.79 Å². The number of amides is 1. The molecule has 0 atom stereocenters. The predicted octanol–water partition coefficient (Wildman–Crippen LogP) is 4.52. The smallest absolute Gasteiger partial charge is 0.298 e. The molecule has 0 aromatic heterocycles. The van der Waals surface area contributed by atoms with Crippen molar-refractivity contribution in [2.75, 3.05) is 5.32 Å². The van der Waals surface area contributed by atoms with E-state index in [1.807, 2.05) is 6.92 Å². The number of hydrogen-bond donors (Lipinski definition) is 1. The molecule has 102 valence electrons. The number of benzene rings is 1. The van der Waals surface area contributed by atoms with Crippen LogP contribution in [0, 0.1) is 6.92 Å². The molecule has 1 saturated carbocycles. The summed E-state index contributed by atoms with van der Waals surface area (Å²) in [6.45, 7) is 1.87. The topological polar surface area (TPSA) is 50.7 Å². The molecule has 0 spiro atoms. The van der Waals surface area contributed by atoms with Gasteiger partial charge in [0.05, 0.1) is 5.71 Å². The maximum absolute atomic E-state index is 11.6. The number of nitrogens with zero attached hydrogens (tertiary/aromatic N) is 1. The molecule has 0 heterocycles. The predicted molar refractivity (Wildman–Crippen MR) is 76.8 cm³/mol. The highest BCUT2D eigenvalue weighted by atomic mass is 35.5. The first kappa shape index (κ1) is 13.9. The van der Waals surface area contributed by atoms with Crippen molar-refractivity contribution >= 4 is 29.1 Å². The normalized spacial score (nSPS) is 14.9. The second kappa shape index (κ2) is 6.57. The van der Waals surface area contributed by atoms with Crippen molar-refractivity contribution in [3.05, 3.63) is 28.8 Å². The Kier molecular flexibility index (Phi) is 4.80. The van der Waals surface area contributed by atoms with Crippen LogP contribution in [0.2, 0.25) is 5.02 Å².